The quantitative estimate of drug-likeness (QED) is 0.0913. The van der Waals surface area contributed by atoms with E-state index in [0.717, 1.165) is 11.1 Å². The summed E-state index contributed by atoms with van der Waals surface area (Å²) in [5.41, 5.74) is 2.34. The van der Waals surface area contributed by atoms with Crippen LogP contribution < -0.4 is 21.3 Å². The number of carbonyl (C=O) groups excluding carboxylic acids is 1. The third-order valence-electron chi connectivity index (χ3n) is 7.48. The van der Waals surface area contributed by atoms with Crippen LogP contribution in [0, 0.1) is 11.8 Å². The monoisotopic (exact) mass is 637 g/mol. The molecule has 3 rings (SSSR count). The zero-order valence-electron chi connectivity index (χ0n) is 27.2. The fourth-order valence-corrected chi connectivity index (χ4v) is 5.19. The molecule has 3 aromatic rings. The third kappa shape index (κ3) is 13.0. The number of carbonyl (C=O) groups is 1. The second-order valence-electron chi connectivity index (χ2n) is 12.5. The number of hydrogen-bond acceptors (Lipinski definition) is 10. The Morgan fingerprint density at radius 3 is 1.93 bits per heavy atom. The van der Waals surface area contributed by atoms with Crippen LogP contribution in [0.2, 0.25) is 0 Å². The second-order valence-corrected chi connectivity index (χ2v) is 12.5. The number of aromatic nitrogens is 1. The van der Waals surface area contributed by atoms with Crippen LogP contribution in [0.15, 0.2) is 85.2 Å². The first-order valence-electron chi connectivity index (χ1n) is 15.9. The molecule has 11 nitrogen and oxygen atoms in total. The number of benzene rings is 2. The molecule has 0 unspecified atom stereocenters. The number of aliphatic hydroxyl groups is 4. The van der Waals surface area contributed by atoms with Crippen LogP contribution in [0.25, 0.3) is 0 Å². The van der Waals surface area contributed by atoms with Crippen molar-refractivity contribution in [2.75, 3.05) is 5.32 Å². The highest BCUT2D eigenvalue weighted by atomic mass is 16.6. The zero-order chi connectivity index (χ0) is 33.5. The first-order valence-corrected chi connectivity index (χ1v) is 15.9. The lowest BCUT2D eigenvalue weighted by atomic mass is 9.96. The van der Waals surface area contributed by atoms with E-state index in [1.54, 1.807) is 18.3 Å². The molecule has 0 aliphatic carbocycles. The summed E-state index contributed by atoms with van der Waals surface area (Å²) in [6, 6.07) is 20.9. The Bertz CT molecular complexity index is 1250. The molecule has 8 N–H and O–H groups in total. The van der Waals surface area contributed by atoms with Gasteiger partial charge in [0.25, 0.3) is 0 Å². The summed E-state index contributed by atoms with van der Waals surface area (Å²) < 4.78 is 5.68. The normalized spacial score (nSPS) is 16.2. The fraction of sp³-hybridized carbons (Fsp3) is 0.486. The molecule has 11 heteroatoms. The number of alkyl carbamates (subject to hydrolysis) is 1. The third-order valence-corrected chi connectivity index (χ3v) is 7.48. The number of hydrogen-bond donors (Lipinski definition) is 8. The molecule has 1 aromatic heterocycles. The lowest BCUT2D eigenvalue weighted by molar-refractivity contribution is -0.0508. The Morgan fingerprint density at radius 2 is 1.35 bits per heavy atom. The van der Waals surface area contributed by atoms with Crippen molar-refractivity contribution in [3.8, 4) is 0 Å². The van der Waals surface area contributed by atoms with E-state index in [-0.39, 0.29) is 18.4 Å². The van der Waals surface area contributed by atoms with Gasteiger partial charge in [-0.2, -0.15) is 0 Å². The second kappa shape index (κ2) is 19.2. The van der Waals surface area contributed by atoms with Crippen molar-refractivity contribution in [3.63, 3.8) is 0 Å². The summed E-state index contributed by atoms with van der Waals surface area (Å²) in [4.78, 5) is 16.8. The van der Waals surface area contributed by atoms with Crippen molar-refractivity contribution in [2.45, 2.75) is 96.5 Å². The Balaban J connectivity index is 1.75. The van der Waals surface area contributed by atoms with Crippen molar-refractivity contribution in [2.24, 2.45) is 11.8 Å². The molecule has 0 aliphatic rings. The number of ether oxygens (including phenoxy) is 1. The average molecular weight is 638 g/mol. The van der Waals surface area contributed by atoms with Gasteiger partial charge in [0.2, 0.25) is 0 Å². The molecule has 0 aliphatic heterocycles. The predicted octanol–water partition coefficient (Wildman–Crippen LogP) is 3.36. The van der Waals surface area contributed by atoms with Gasteiger partial charge in [0.15, 0.2) is 6.23 Å². The standard InChI is InChI=1S/C35H51N5O6/c1-23(2)18-28(31(41)34(44)38-27-16-11-17-36-22-27)39-32(42)29(20-25-12-7-5-8-13-25)40-33(43)30(19-24(3)4)46-35(45)37-21-26-14-9-6-10-15-26/h5-17,22-24,28-34,38-44H,18-21H2,1-4H3,(H,37,45)/t28-,29-,30-,31-,32-,33-,34-/m0/s1. The first-order chi connectivity index (χ1) is 22.0. The van der Waals surface area contributed by atoms with Crippen molar-refractivity contribution in [1.82, 2.24) is 20.9 Å². The van der Waals surface area contributed by atoms with Crippen LogP contribution in [0.1, 0.15) is 51.7 Å². The molecule has 252 valence electrons. The van der Waals surface area contributed by atoms with Gasteiger partial charge in [-0.3, -0.25) is 15.6 Å². The smallest absolute Gasteiger partial charge is 0.407 e. The van der Waals surface area contributed by atoms with Gasteiger partial charge in [-0.1, -0.05) is 88.4 Å². The van der Waals surface area contributed by atoms with Crippen molar-refractivity contribution in [3.05, 3.63) is 96.3 Å². The Morgan fingerprint density at radius 1 is 0.739 bits per heavy atom. The molecule has 2 aromatic carbocycles. The molecule has 1 heterocycles. The molecular formula is C35H51N5O6. The van der Waals surface area contributed by atoms with Gasteiger partial charge >= 0.3 is 6.09 Å². The van der Waals surface area contributed by atoms with E-state index >= 15 is 0 Å². The Labute approximate surface area is 272 Å². The van der Waals surface area contributed by atoms with Crippen LogP contribution in [0.5, 0.6) is 0 Å². The maximum absolute atomic E-state index is 12.7. The molecule has 0 saturated heterocycles. The van der Waals surface area contributed by atoms with Gasteiger partial charge in [-0.05, 0) is 54.4 Å². The van der Waals surface area contributed by atoms with E-state index < -0.39 is 49.1 Å². The number of pyridine rings is 1. The summed E-state index contributed by atoms with van der Waals surface area (Å²) >= 11 is 0. The minimum Gasteiger partial charge on any atom is -0.442 e. The summed E-state index contributed by atoms with van der Waals surface area (Å²) in [6.45, 7) is 8.17. The fourth-order valence-electron chi connectivity index (χ4n) is 5.19. The zero-order valence-corrected chi connectivity index (χ0v) is 27.2. The average Bonchev–Trinajstić information content (AvgIpc) is 3.03. The summed E-state index contributed by atoms with van der Waals surface area (Å²) in [5, 5.41) is 56.7. The molecule has 0 spiro atoms. The van der Waals surface area contributed by atoms with Crippen LogP contribution in [0.4, 0.5) is 10.5 Å². The molecule has 1 amide bonds. The number of amides is 1. The van der Waals surface area contributed by atoms with Crippen molar-refractivity contribution < 1.29 is 30.0 Å². The van der Waals surface area contributed by atoms with E-state index in [9.17, 15) is 25.2 Å². The summed E-state index contributed by atoms with van der Waals surface area (Å²) in [7, 11) is 0. The molecule has 0 saturated carbocycles. The lowest BCUT2D eigenvalue weighted by Crippen LogP contribution is -2.60. The molecule has 46 heavy (non-hydrogen) atoms. The summed E-state index contributed by atoms with van der Waals surface area (Å²) in [5.74, 6) is 0.215. The van der Waals surface area contributed by atoms with Crippen LogP contribution in [0.3, 0.4) is 0 Å². The Hall–Kier alpha value is -3.58. The molecule has 0 radical (unpaired) electrons. The van der Waals surface area contributed by atoms with Crippen LogP contribution >= 0.6 is 0 Å². The maximum Gasteiger partial charge on any atom is 0.407 e. The molecule has 0 bridgehead atoms. The van der Waals surface area contributed by atoms with Gasteiger partial charge in [0.1, 0.15) is 24.7 Å². The van der Waals surface area contributed by atoms with Gasteiger partial charge in [-0.25, -0.2) is 4.79 Å². The minimum atomic E-state index is -1.35. The topological polar surface area (TPSA) is 168 Å². The Kier molecular flexibility index (Phi) is 15.4. The van der Waals surface area contributed by atoms with Crippen molar-refractivity contribution >= 4 is 11.8 Å². The van der Waals surface area contributed by atoms with Crippen LogP contribution in [-0.4, -0.2) is 74.5 Å². The predicted molar refractivity (Wildman–Crippen MR) is 178 cm³/mol. The van der Waals surface area contributed by atoms with E-state index in [4.69, 9.17) is 4.74 Å². The van der Waals surface area contributed by atoms with E-state index in [1.165, 1.54) is 6.20 Å². The SMILES string of the molecule is CC(C)C[C@H](N[C@@H](O)[C@H](Cc1ccccc1)N[C@@H](O)[C@H](CC(C)C)OC(=O)NCc1ccccc1)[C@H](O)[C@H](O)Nc1cccnc1. The van der Waals surface area contributed by atoms with E-state index in [2.05, 4.69) is 26.3 Å². The number of nitrogens with one attached hydrogen (secondary N) is 4. The van der Waals surface area contributed by atoms with Gasteiger partial charge in [0.05, 0.1) is 17.9 Å². The highest BCUT2D eigenvalue weighted by molar-refractivity contribution is 5.67. The van der Waals surface area contributed by atoms with E-state index in [0.29, 0.717) is 24.9 Å². The van der Waals surface area contributed by atoms with Gasteiger partial charge in [-0.15, -0.1) is 0 Å². The largest absolute Gasteiger partial charge is 0.442 e. The maximum atomic E-state index is 12.7. The minimum absolute atomic E-state index is 0.0957. The number of aliphatic hydroxyl groups excluding tert-OH is 4. The highest BCUT2D eigenvalue weighted by Crippen LogP contribution is 2.18. The van der Waals surface area contributed by atoms with Gasteiger partial charge in [0, 0.05) is 18.8 Å². The lowest BCUT2D eigenvalue weighted by Gasteiger charge is -2.36. The molecule has 0 fully saturated rings. The number of anilines is 1. The van der Waals surface area contributed by atoms with Crippen molar-refractivity contribution in [1.29, 1.82) is 0 Å². The number of nitrogens with zero attached hydrogens (tertiary/aromatic N) is 1. The highest BCUT2D eigenvalue weighted by Gasteiger charge is 2.34. The first kappa shape index (κ1) is 36.9. The number of rotatable bonds is 19. The molecule has 7 atom stereocenters. The van der Waals surface area contributed by atoms with Gasteiger partial charge < -0.3 is 35.8 Å². The summed E-state index contributed by atoms with van der Waals surface area (Å²) in [6.07, 6.45) is -2.56. The van der Waals surface area contributed by atoms with Crippen LogP contribution in [-0.2, 0) is 17.7 Å². The molecular weight excluding hydrogens is 586 g/mol. The van der Waals surface area contributed by atoms with E-state index in [1.807, 2.05) is 88.4 Å².